The number of piperazine rings is 1. The largest absolute Gasteiger partial charge is 0.372 e. The molecule has 1 heterocycles. The van der Waals surface area contributed by atoms with Crippen LogP contribution in [0.15, 0.2) is 0 Å². The van der Waals surface area contributed by atoms with Crippen LogP contribution in [0, 0.1) is 0 Å². The topological polar surface area (TPSA) is 75.7 Å². The molecule has 1 aliphatic rings. The molecule has 0 aromatic heterocycles. The van der Waals surface area contributed by atoms with Crippen molar-refractivity contribution < 1.29 is 19.1 Å². The van der Waals surface area contributed by atoms with Gasteiger partial charge in [-0.25, -0.2) is 0 Å². The van der Waals surface area contributed by atoms with Gasteiger partial charge in [0.15, 0.2) is 0 Å². The van der Waals surface area contributed by atoms with Gasteiger partial charge >= 0.3 is 0 Å². The van der Waals surface area contributed by atoms with E-state index in [4.69, 9.17) is 4.74 Å². The van der Waals surface area contributed by atoms with Crippen LogP contribution in [0.5, 0.6) is 0 Å². The molecule has 0 aliphatic carbocycles. The van der Waals surface area contributed by atoms with Crippen LogP contribution in [0.2, 0.25) is 0 Å². The minimum atomic E-state index is -0.453. The van der Waals surface area contributed by atoms with Crippen LogP contribution in [-0.2, 0) is 19.1 Å². The molecule has 1 N–H and O–H groups in total. The van der Waals surface area contributed by atoms with Gasteiger partial charge < -0.3 is 9.64 Å². The molecule has 6 nitrogen and oxygen atoms in total. The second-order valence-corrected chi connectivity index (χ2v) is 2.86. The molecule has 14 heavy (non-hydrogen) atoms. The van der Waals surface area contributed by atoms with Crippen LogP contribution < -0.4 is 5.32 Å². The summed E-state index contributed by atoms with van der Waals surface area (Å²) in [4.78, 5) is 34.3. The molecule has 1 fully saturated rings. The highest BCUT2D eigenvalue weighted by molar-refractivity contribution is 6.02. The fraction of sp³-hybridized carbons (Fsp3) is 0.625. The van der Waals surface area contributed by atoms with Crippen molar-refractivity contribution >= 4 is 17.7 Å². The van der Waals surface area contributed by atoms with E-state index in [-0.39, 0.29) is 25.6 Å². The second kappa shape index (κ2) is 4.71. The van der Waals surface area contributed by atoms with Gasteiger partial charge in [-0.15, -0.1) is 0 Å². The van der Waals surface area contributed by atoms with Gasteiger partial charge in [-0.3, -0.25) is 19.7 Å². The highest BCUT2D eigenvalue weighted by Crippen LogP contribution is 1.96. The lowest BCUT2D eigenvalue weighted by Gasteiger charge is -2.25. The van der Waals surface area contributed by atoms with Gasteiger partial charge in [0.25, 0.3) is 0 Å². The van der Waals surface area contributed by atoms with Gasteiger partial charge in [0.1, 0.15) is 19.7 Å². The third kappa shape index (κ3) is 2.81. The summed E-state index contributed by atoms with van der Waals surface area (Å²) < 4.78 is 4.88. The van der Waals surface area contributed by atoms with Crippen LogP contribution in [-0.4, -0.2) is 48.9 Å². The Kier molecular flexibility index (Phi) is 3.58. The molecule has 1 rings (SSSR count). The average Bonchev–Trinajstić information content (AvgIpc) is 2.12. The molecule has 0 bridgehead atoms. The first kappa shape index (κ1) is 10.6. The SMILES string of the molecule is CCOCC(=O)N1CC(=O)NC(=O)C1. The first-order valence-corrected chi connectivity index (χ1v) is 4.31. The van der Waals surface area contributed by atoms with E-state index >= 15 is 0 Å². The van der Waals surface area contributed by atoms with Gasteiger partial charge in [-0.1, -0.05) is 0 Å². The molecule has 0 radical (unpaired) electrons. The van der Waals surface area contributed by atoms with Crippen molar-refractivity contribution in [1.29, 1.82) is 0 Å². The number of nitrogens with one attached hydrogen (secondary N) is 1. The molecule has 0 spiro atoms. The second-order valence-electron chi connectivity index (χ2n) is 2.86. The molecule has 1 aliphatic heterocycles. The quantitative estimate of drug-likeness (QED) is 0.563. The molecular weight excluding hydrogens is 188 g/mol. The third-order valence-electron chi connectivity index (χ3n) is 1.73. The summed E-state index contributed by atoms with van der Waals surface area (Å²) in [6, 6.07) is 0. The maximum atomic E-state index is 11.3. The molecule has 0 aromatic rings. The third-order valence-corrected chi connectivity index (χ3v) is 1.73. The number of amides is 3. The maximum absolute atomic E-state index is 11.3. The normalized spacial score (nSPS) is 16.8. The molecule has 0 aromatic carbocycles. The Bertz CT molecular complexity index is 248. The minimum Gasteiger partial charge on any atom is -0.372 e. The Hall–Kier alpha value is -1.43. The van der Waals surface area contributed by atoms with E-state index in [1.54, 1.807) is 6.92 Å². The van der Waals surface area contributed by atoms with Gasteiger partial charge in [-0.2, -0.15) is 0 Å². The van der Waals surface area contributed by atoms with Gasteiger partial charge in [0.05, 0.1) is 0 Å². The summed E-state index contributed by atoms with van der Waals surface area (Å²) in [5, 5.41) is 2.11. The van der Waals surface area contributed by atoms with E-state index < -0.39 is 11.8 Å². The monoisotopic (exact) mass is 200 g/mol. The molecule has 6 heteroatoms. The minimum absolute atomic E-state index is 0.0718. The van der Waals surface area contributed by atoms with Gasteiger partial charge in [0, 0.05) is 6.61 Å². The van der Waals surface area contributed by atoms with E-state index in [1.807, 2.05) is 0 Å². The number of ether oxygens (including phenoxy) is 1. The molecule has 0 atom stereocenters. The molecule has 78 valence electrons. The lowest BCUT2D eigenvalue weighted by atomic mass is 10.3. The van der Waals surface area contributed by atoms with Crippen molar-refractivity contribution in [3.63, 3.8) is 0 Å². The number of hydrogen-bond donors (Lipinski definition) is 1. The number of hydrogen-bond acceptors (Lipinski definition) is 4. The number of nitrogens with zero attached hydrogens (tertiary/aromatic N) is 1. The fourth-order valence-electron chi connectivity index (χ4n) is 1.09. The van der Waals surface area contributed by atoms with Crippen molar-refractivity contribution in [2.75, 3.05) is 26.3 Å². The van der Waals surface area contributed by atoms with E-state index in [2.05, 4.69) is 5.32 Å². The standard InChI is InChI=1S/C8H12N2O4/c1-2-14-5-8(13)10-3-6(11)9-7(12)4-10/h2-5H2,1H3,(H,9,11,12). The van der Waals surface area contributed by atoms with Crippen LogP contribution in [0.1, 0.15) is 6.92 Å². The van der Waals surface area contributed by atoms with E-state index in [0.29, 0.717) is 6.61 Å². The molecule has 0 unspecified atom stereocenters. The Morgan fingerprint density at radius 3 is 2.50 bits per heavy atom. The Morgan fingerprint density at radius 1 is 1.43 bits per heavy atom. The van der Waals surface area contributed by atoms with E-state index in [1.165, 1.54) is 4.90 Å². The van der Waals surface area contributed by atoms with E-state index in [9.17, 15) is 14.4 Å². The summed E-state index contributed by atoms with van der Waals surface area (Å²) in [6.45, 7) is 1.97. The Morgan fingerprint density at radius 2 is 2.00 bits per heavy atom. The van der Waals surface area contributed by atoms with Crippen molar-refractivity contribution in [1.82, 2.24) is 10.2 Å². The number of rotatable bonds is 3. The van der Waals surface area contributed by atoms with Crippen molar-refractivity contribution in [2.24, 2.45) is 0 Å². The zero-order valence-electron chi connectivity index (χ0n) is 7.91. The summed E-state index contributed by atoms with van der Waals surface area (Å²) >= 11 is 0. The zero-order valence-corrected chi connectivity index (χ0v) is 7.91. The number of carbonyl (C=O) groups is 3. The van der Waals surface area contributed by atoms with Crippen LogP contribution in [0.25, 0.3) is 0 Å². The summed E-state index contributed by atoms with van der Waals surface area (Å²) in [5.41, 5.74) is 0. The first-order valence-electron chi connectivity index (χ1n) is 4.31. The lowest BCUT2D eigenvalue weighted by molar-refractivity contribution is -0.147. The Balaban J connectivity index is 2.46. The Labute approximate surface area is 81.2 Å². The van der Waals surface area contributed by atoms with E-state index in [0.717, 1.165) is 0 Å². The van der Waals surface area contributed by atoms with Gasteiger partial charge in [0.2, 0.25) is 17.7 Å². The van der Waals surface area contributed by atoms with Crippen molar-refractivity contribution in [3.8, 4) is 0 Å². The van der Waals surface area contributed by atoms with Crippen molar-refractivity contribution in [2.45, 2.75) is 6.92 Å². The zero-order chi connectivity index (χ0) is 10.6. The molecule has 1 saturated heterocycles. The van der Waals surface area contributed by atoms with Gasteiger partial charge in [-0.05, 0) is 6.92 Å². The predicted octanol–water partition coefficient (Wildman–Crippen LogP) is -1.49. The highest BCUT2D eigenvalue weighted by Gasteiger charge is 2.25. The first-order chi connectivity index (χ1) is 6.63. The van der Waals surface area contributed by atoms with Crippen molar-refractivity contribution in [3.05, 3.63) is 0 Å². The lowest BCUT2D eigenvalue weighted by Crippen LogP contribution is -2.54. The smallest absolute Gasteiger partial charge is 0.249 e. The molecule has 0 saturated carbocycles. The molecular formula is C8H12N2O4. The summed E-state index contributed by atoms with van der Waals surface area (Å²) in [5.74, 6) is -1.24. The predicted molar refractivity (Wildman–Crippen MR) is 46.2 cm³/mol. The highest BCUT2D eigenvalue weighted by atomic mass is 16.5. The number of imide groups is 1. The molecule has 3 amide bonds. The summed E-state index contributed by atoms with van der Waals surface area (Å²) in [7, 11) is 0. The maximum Gasteiger partial charge on any atom is 0.249 e. The fourth-order valence-corrected chi connectivity index (χ4v) is 1.09. The average molecular weight is 200 g/mol. The van der Waals surface area contributed by atoms with Crippen LogP contribution in [0.3, 0.4) is 0 Å². The number of carbonyl (C=O) groups excluding carboxylic acids is 3. The van der Waals surface area contributed by atoms with Crippen LogP contribution in [0.4, 0.5) is 0 Å². The van der Waals surface area contributed by atoms with Crippen LogP contribution >= 0.6 is 0 Å². The summed E-state index contributed by atoms with van der Waals surface area (Å²) in [6.07, 6.45) is 0.